The summed E-state index contributed by atoms with van der Waals surface area (Å²) in [6, 6.07) is 17.7. The lowest BCUT2D eigenvalue weighted by Crippen LogP contribution is -2.18. The zero-order chi connectivity index (χ0) is 27.2. The van der Waals surface area contributed by atoms with Crippen LogP contribution in [0.15, 0.2) is 54.6 Å². The summed E-state index contributed by atoms with van der Waals surface area (Å²) in [7, 11) is 0. The van der Waals surface area contributed by atoms with Crippen molar-refractivity contribution < 1.29 is 14.9 Å². The van der Waals surface area contributed by atoms with E-state index in [1.807, 2.05) is 50.2 Å². The van der Waals surface area contributed by atoms with Gasteiger partial charge in [0, 0.05) is 24.2 Å². The minimum Gasteiger partial charge on any atom is -0.507 e. The molecule has 0 fully saturated rings. The number of hydrogen-bond acceptors (Lipinski definition) is 6. The SMILES string of the molecule is CCCCOCC(O)Cc1ccc(-c2nc(-c3ccc(C)cc3C)nc(-c3ccc(C)cc3C)n2)c(O)c1. The molecule has 3 aromatic carbocycles. The number of nitrogens with zero attached hydrogens (tertiary/aromatic N) is 3. The van der Waals surface area contributed by atoms with Gasteiger partial charge in [-0.3, -0.25) is 0 Å². The molecule has 0 aliphatic heterocycles. The van der Waals surface area contributed by atoms with E-state index in [1.54, 1.807) is 6.07 Å². The highest BCUT2D eigenvalue weighted by Gasteiger charge is 2.17. The fourth-order valence-electron chi connectivity index (χ4n) is 4.56. The summed E-state index contributed by atoms with van der Waals surface area (Å²) in [5, 5.41) is 21.4. The zero-order valence-electron chi connectivity index (χ0n) is 23.0. The molecule has 1 aromatic heterocycles. The second-order valence-electron chi connectivity index (χ2n) is 10.1. The number of hydrogen-bond donors (Lipinski definition) is 2. The molecule has 0 bridgehead atoms. The van der Waals surface area contributed by atoms with Crippen LogP contribution in [0.25, 0.3) is 34.2 Å². The minimum absolute atomic E-state index is 0.0611. The summed E-state index contributed by atoms with van der Waals surface area (Å²) in [4.78, 5) is 14.4. The van der Waals surface area contributed by atoms with Crippen molar-refractivity contribution in [2.45, 2.75) is 60.0 Å². The molecule has 0 aliphatic carbocycles. The quantitative estimate of drug-likeness (QED) is 0.235. The van der Waals surface area contributed by atoms with Gasteiger partial charge in [-0.15, -0.1) is 0 Å². The average molecular weight is 512 g/mol. The topological polar surface area (TPSA) is 88.4 Å². The Bertz CT molecular complexity index is 1350. The van der Waals surface area contributed by atoms with Crippen LogP contribution in [0.2, 0.25) is 0 Å². The molecule has 1 heterocycles. The van der Waals surface area contributed by atoms with Crippen molar-refractivity contribution in [1.29, 1.82) is 0 Å². The summed E-state index contributed by atoms with van der Waals surface area (Å²) < 4.78 is 5.54. The molecule has 0 radical (unpaired) electrons. The van der Waals surface area contributed by atoms with Gasteiger partial charge < -0.3 is 14.9 Å². The second kappa shape index (κ2) is 12.3. The number of phenols is 1. The second-order valence-corrected chi connectivity index (χ2v) is 10.1. The minimum atomic E-state index is -0.637. The number of aromatic hydroxyl groups is 1. The summed E-state index contributed by atoms with van der Waals surface area (Å²) >= 11 is 0. The van der Waals surface area contributed by atoms with Gasteiger partial charge in [-0.1, -0.05) is 66.9 Å². The molecule has 6 heteroatoms. The third-order valence-electron chi connectivity index (χ3n) is 6.61. The number of aliphatic hydroxyl groups excluding tert-OH is 1. The van der Waals surface area contributed by atoms with Crippen LogP contribution in [0.3, 0.4) is 0 Å². The first kappa shape index (κ1) is 27.4. The highest BCUT2D eigenvalue weighted by molar-refractivity contribution is 5.72. The highest BCUT2D eigenvalue weighted by Crippen LogP contribution is 2.32. The van der Waals surface area contributed by atoms with Crippen LogP contribution in [0.1, 0.15) is 47.6 Å². The van der Waals surface area contributed by atoms with E-state index in [4.69, 9.17) is 19.7 Å². The molecule has 0 aliphatic rings. The lowest BCUT2D eigenvalue weighted by molar-refractivity contribution is 0.0360. The summed E-state index contributed by atoms with van der Waals surface area (Å²) in [5.41, 5.74) is 7.66. The Morgan fingerprint density at radius 3 is 1.76 bits per heavy atom. The van der Waals surface area contributed by atoms with Crippen LogP contribution in [0.5, 0.6) is 5.75 Å². The molecule has 0 saturated carbocycles. The Balaban J connectivity index is 1.72. The number of aromatic nitrogens is 3. The normalized spacial score (nSPS) is 12.1. The zero-order valence-corrected chi connectivity index (χ0v) is 23.0. The largest absolute Gasteiger partial charge is 0.507 e. The van der Waals surface area contributed by atoms with E-state index >= 15 is 0 Å². The first-order chi connectivity index (χ1) is 18.2. The van der Waals surface area contributed by atoms with E-state index in [9.17, 15) is 10.2 Å². The third-order valence-corrected chi connectivity index (χ3v) is 6.61. The molecule has 1 atom stereocenters. The van der Waals surface area contributed by atoms with Gasteiger partial charge >= 0.3 is 0 Å². The number of phenolic OH excluding ortho intramolecular Hbond substituents is 1. The van der Waals surface area contributed by atoms with Gasteiger partial charge in [-0.05, 0) is 62.9 Å². The van der Waals surface area contributed by atoms with Crippen LogP contribution < -0.4 is 0 Å². The lowest BCUT2D eigenvalue weighted by Gasteiger charge is -2.14. The van der Waals surface area contributed by atoms with Crippen molar-refractivity contribution in [3.05, 3.63) is 82.4 Å². The molecule has 0 saturated heterocycles. The van der Waals surface area contributed by atoms with Gasteiger partial charge in [0.15, 0.2) is 17.5 Å². The first-order valence-electron chi connectivity index (χ1n) is 13.2. The van der Waals surface area contributed by atoms with Crippen LogP contribution in [-0.4, -0.2) is 44.5 Å². The van der Waals surface area contributed by atoms with Crippen molar-refractivity contribution in [2.75, 3.05) is 13.2 Å². The van der Waals surface area contributed by atoms with E-state index in [2.05, 4.69) is 32.9 Å². The Labute approximate surface area is 225 Å². The third kappa shape index (κ3) is 6.63. The molecule has 2 N–H and O–H groups in total. The van der Waals surface area contributed by atoms with Gasteiger partial charge in [0.05, 0.1) is 18.3 Å². The molecule has 4 rings (SSSR count). The highest BCUT2D eigenvalue weighted by atomic mass is 16.5. The maximum absolute atomic E-state index is 11.0. The molecule has 0 amide bonds. The number of rotatable bonds is 10. The van der Waals surface area contributed by atoms with E-state index in [1.165, 1.54) is 11.1 Å². The van der Waals surface area contributed by atoms with Crippen molar-refractivity contribution in [3.8, 4) is 39.9 Å². The summed E-state index contributed by atoms with van der Waals surface area (Å²) in [5.74, 6) is 1.58. The summed E-state index contributed by atoms with van der Waals surface area (Å²) in [6.07, 6.45) is 1.78. The molecule has 4 aromatic rings. The molecule has 38 heavy (non-hydrogen) atoms. The number of ether oxygens (including phenoxy) is 1. The number of aryl methyl sites for hydroxylation is 4. The Hall–Kier alpha value is -3.61. The fraction of sp³-hybridized carbons (Fsp3) is 0.344. The van der Waals surface area contributed by atoms with E-state index < -0.39 is 6.10 Å². The van der Waals surface area contributed by atoms with Gasteiger partial charge in [0.25, 0.3) is 0 Å². The predicted molar refractivity (Wildman–Crippen MR) is 152 cm³/mol. The van der Waals surface area contributed by atoms with E-state index in [0.29, 0.717) is 36.1 Å². The number of aliphatic hydroxyl groups is 1. The van der Waals surface area contributed by atoms with E-state index in [0.717, 1.165) is 40.7 Å². The van der Waals surface area contributed by atoms with Gasteiger partial charge in [0.1, 0.15) is 5.75 Å². The maximum atomic E-state index is 11.0. The molecule has 6 nitrogen and oxygen atoms in total. The fourth-order valence-corrected chi connectivity index (χ4v) is 4.56. The standard InChI is InChI=1S/C32H37N3O3/c1-6-7-14-38-19-25(36)17-24-10-13-28(29(37)18-24)32-34-30(26-11-8-20(2)15-22(26)4)33-31(35-32)27-12-9-21(3)16-23(27)5/h8-13,15-16,18,25,36-37H,6-7,14,17,19H2,1-5H3. The van der Waals surface area contributed by atoms with Crippen molar-refractivity contribution in [2.24, 2.45) is 0 Å². The average Bonchev–Trinajstić information content (AvgIpc) is 2.86. The summed E-state index contributed by atoms with van der Waals surface area (Å²) in [6.45, 7) is 11.2. The molecular weight excluding hydrogens is 474 g/mol. The van der Waals surface area contributed by atoms with Crippen LogP contribution in [-0.2, 0) is 11.2 Å². The van der Waals surface area contributed by atoms with E-state index in [-0.39, 0.29) is 12.4 Å². The lowest BCUT2D eigenvalue weighted by atomic mass is 10.0. The molecular formula is C32H37N3O3. The molecule has 0 spiro atoms. The number of benzene rings is 3. The molecule has 1 unspecified atom stereocenters. The smallest absolute Gasteiger partial charge is 0.167 e. The van der Waals surface area contributed by atoms with Crippen molar-refractivity contribution in [3.63, 3.8) is 0 Å². The Morgan fingerprint density at radius 2 is 1.26 bits per heavy atom. The van der Waals surface area contributed by atoms with Gasteiger partial charge in [-0.25, -0.2) is 15.0 Å². The number of unbranched alkanes of at least 4 members (excludes halogenated alkanes) is 1. The van der Waals surface area contributed by atoms with Crippen LogP contribution in [0, 0.1) is 27.7 Å². The monoisotopic (exact) mass is 511 g/mol. The van der Waals surface area contributed by atoms with Gasteiger partial charge in [0.2, 0.25) is 0 Å². The first-order valence-corrected chi connectivity index (χ1v) is 13.2. The Kier molecular flexibility index (Phi) is 8.87. The van der Waals surface area contributed by atoms with Crippen molar-refractivity contribution in [1.82, 2.24) is 15.0 Å². The van der Waals surface area contributed by atoms with Crippen molar-refractivity contribution >= 4 is 0 Å². The van der Waals surface area contributed by atoms with Crippen LogP contribution in [0.4, 0.5) is 0 Å². The molecule has 198 valence electrons. The van der Waals surface area contributed by atoms with Crippen LogP contribution >= 0.6 is 0 Å². The Morgan fingerprint density at radius 1 is 0.737 bits per heavy atom. The maximum Gasteiger partial charge on any atom is 0.167 e. The predicted octanol–water partition coefficient (Wildman–Crippen LogP) is 6.53. The van der Waals surface area contributed by atoms with Gasteiger partial charge in [-0.2, -0.15) is 0 Å².